The van der Waals surface area contributed by atoms with Gasteiger partial charge in [0.15, 0.2) is 5.69 Å². The molecule has 1 aromatic heterocycles. The second kappa shape index (κ2) is 6.16. The van der Waals surface area contributed by atoms with E-state index in [-0.39, 0.29) is 12.5 Å². The molecule has 0 unspecified atom stereocenters. The average molecular weight is 313 g/mol. The average Bonchev–Trinajstić information content (AvgIpc) is 3.09. The Morgan fingerprint density at radius 1 is 1.35 bits per heavy atom. The van der Waals surface area contributed by atoms with E-state index in [1.54, 1.807) is 7.05 Å². The van der Waals surface area contributed by atoms with Gasteiger partial charge in [-0.25, -0.2) is 4.68 Å². The molecule has 0 bridgehead atoms. The van der Waals surface area contributed by atoms with Gasteiger partial charge in [-0.15, -0.1) is 0 Å². The number of aromatic nitrogens is 2. The van der Waals surface area contributed by atoms with Crippen LogP contribution in [0.4, 0.5) is 0 Å². The predicted octanol–water partition coefficient (Wildman–Crippen LogP) is 2.04. The minimum absolute atomic E-state index is 0.0395. The summed E-state index contributed by atoms with van der Waals surface area (Å²) in [6.45, 7) is 4.43. The molecule has 1 aliphatic carbocycles. The van der Waals surface area contributed by atoms with Crippen LogP contribution >= 0.6 is 0 Å². The zero-order valence-electron chi connectivity index (χ0n) is 14.0. The summed E-state index contributed by atoms with van der Waals surface area (Å²) in [7, 11) is 1.70. The quantitative estimate of drug-likeness (QED) is 0.940. The standard InChI is InChI=1S/C18H23N3O2/c1-12-7-8-15(13(2)11-12)21-16-6-4-5-14(16)17(19-21)18(23)20(3)9-10-22/h7-8,11,22H,4-6,9-10H2,1-3H3. The number of fused-ring (bicyclic) bond motifs is 1. The molecule has 0 radical (unpaired) electrons. The van der Waals surface area contributed by atoms with E-state index in [4.69, 9.17) is 5.11 Å². The molecule has 23 heavy (non-hydrogen) atoms. The van der Waals surface area contributed by atoms with Gasteiger partial charge in [0.2, 0.25) is 0 Å². The van der Waals surface area contributed by atoms with Crippen molar-refractivity contribution in [1.29, 1.82) is 0 Å². The van der Waals surface area contributed by atoms with Crippen molar-refractivity contribution in [3.05, 3.63) is 46.3 Å². The fraction of sp³-hybridized carbons (Fsp3) is 0.444. The van der Waals surface area contributed by atoms with Crippen LogP contribution in [0.3, 0.4) is 0 Å². The number of rotatable bonds is 4. The van der Waals surface area contributed by atoms with Crippen LogP contribution in [-0.4, -0.2) is 45.9 Å². The fourth-order valence-electron chi connectivity index (χ4n) is 3.28. The van der Waals surface area contributed by atoms with E-state index in [0.29, 0.717) is 12.2 Å². The van der Waals surface area contributed by atoms with Crippen LogP contribution in [0.5, 0.6) is 0 Å². The molecule has 3 rings (SSSR count). The van der Waals surface area contributed by atoms with Crippen molar-refractivity contribution in [2.45, 2.75) is 33.1 Å². The first-order valence-electron chi connectivity index (χ1n) is 8.07. The number of nitrogens with zero attached hydrogens (tertiary/aromatic N) is 3. The van der Waals surface area contributed by atoms with Crippen LogP contribution in [0.2, 0.25) is 0 Å². The lowest BCUT2D eigenvalue weighted by Crippen LogP contribution is -2.30. The molecular weight excluding hydrogens is 290 g/mol. The highest BCUT2D eigenvalue weighted by molar-refractivity contribution is 5.94. The minimum Gasteiger partial charge on any atom is -0.395 e. The molecule has 0 saturated heterocycles. The van der Waals surface area contributed by atoms with E-state index in [2.05, 4.69) is 37.1 Å². The monoisotopic (exact) mass is 313 g/mol. The maximum absolute atomic E-state index is 12.6. The normalized spacial score (nSPS) is 13.2. The van der Waals surface area contributed by atoms with Crippen molar-refractivity contribution in [2.75, 3.05) is 20.2 Å². The number of hydrogen-bond donors (Lipinski definition) is 1. The van der Waals surface area contributed by atoms with Crippen LogP contribution in [-0.2, 0) is 12.8 Å². The summed E-state index contributed by atoms with van der Waals surface area (Å²) < 4.78 is 1.94. The molecule has 1 amide bonds. The Labute approximate surface area is 136 Å². The molecule has 1 aromatic carbocycles. The summed E-state index contributed by atoms with van der Waals surface area (Å²) in [5.74, 6) is -0.110. The predicted molar refractivity (Wildman–Crippen MR) is 89.1 cm³/mol. The number of aliphatic hydroxyl groups is 1. The summed E-state index contributed by atoms with van der Waals surface area (Å²) in [4.78, 5) is 14.2. The van der Waals surface area contributed by atoms with Crippen LogP contribution in [0.25, 0.3) is 5.69 Å². The summed E-state index contributed by atoms with van der Waals surface area (Å²) in [5, 5.41) is 13.7. The molecule has 0 fully saturated rings. The van der Waals surface area contributed by atoms with Gasteiger partial charge in [-0.3, -0.25) is 4.79 Å². The van der Waals surface area contributed by atoms with E-state index < -0.39 is 0 Å². The Morgan fingerprint density at radius 3 is 2.83 bits per heavy atom. The first-order chi connectivity index (χ1) is 11.0. The van der Waals surface area contributed by atoms with Gasteiger partial charge in [0.05, 0.1) is 12.3 Å². The molecule has 1 aliphatic rings. The van der Waals surface area contributed by atoms with E-state index in [0.717, 1.165) is 41.8 Å². The third kappa shape index (κ3) is 2.77. The number of aryl methyl sites for hydroxylation is 2. The molecule has 0 spiro atoms. The summed E-state index contributed by atoms with van der Waals surface area (Å²) in [6, 6.07) is 6.28. The zero-order valence-corrected chi connectivity index (χ0v) is 14.0. The lowest BCUT2D eigenvalue weighted by molar-refractivity contribution is 0.0759. The highest BCUT2D eigenvalue weighted by Crippen LogP contribution is 2.29. The minimum atomic E-state index is -0.110. The summed E-state index contributed by atoms with van der Waals surface area (Å²) >= 11 is 0. The summed E-state index contributed by atoms with van der Waals surface area (Å²) in [6.07, 6.45) is 2.91. The number of carbonyl (C=O) groups excluding carboxylic acids is 1. The van der Waals surface area contributed by atoms with E-state index in [1.807, 2.05) is 4.68 Å². The molecule has 5 nitrogen and oxygen atoms in total. The van der Waals surface area contributed by atoms with Crippen molar-refractivity contribution in [3.8, 4) is 5.69 Å². The van der Waals surface area contributed by atoms with Crippen molar-refractivity contribution < 1.29 is 9.90 Å². The van der Waals surface area contributed by atoms with Crippen LogP contribution in [0.15, 0.2) is 18.2 Å². The maximum atomic E-state index is 12.6. The number of likely N-dealkylation sites (N-methyl/N-ethyl adjacent to an activating group) is 1. The SMILES string of the molecule is Cc1ccc(-n2nc(C(=O)N(C)CCO)c3c2CCC3)c(C)c1. The van der Waals surface area contributed by atoms with E-state index in [1.165, 1.54) is 10.5 Å². The highest BCUT2D eigenvalue weighted by Gasteiger charge is 2.28. The number of benzene rings is 1. The molecule has 0 saturated carbocycles. The third-order valence-corrected chi connectivity index (χ3v) is 4.50. The second-order valence-corrected chi connectivity index (χ2v) is 6.28. The molecule has 122 valence electrons. The van der Waals surface area contributed by atoms with Gasteiger partial charge in [0, 0.05) is 24.8 Å². The smallest absolute Gasteiger partial charge is 0.274 e. The molecule has 1 N–H and O–H groups in total. The van der Waals surface area contributed by atoms with Gasteiger partial charge in [-0.2, -0.15) is 5.10 Å². The largest absolute Gasteiger partial charge is 0.395 e. The Balaban J connectivity index is 2.07. The van der Waals surface area contributed by atoms with Gasteiger partial charge in [0.25, 0.3) is 5.91 Å². The lowest BCUT2D eigenvalue weighted by Gasteiger charge is -2.14. The zero-order chi connectivity index (χ0) is 16.6. The number of aliphatic hydroxyl groups excluding tert-OH is 1. The first kappa shape index (κ1) is 15.7. The lowest BCUT2D eigenvalue weighted by atomic mass is 10.1. The second-order valence-electron chi connectivity index (χ2n) is 6.28. The van der Waals surface area contributed by atoms with Crippen molar-refractivity contribution in [1.82, 2.24) is 14.7 Å². The van der Waals surface area contributed by atoms with Crippen LogP contribution in [0, 0.1) is 13.8 Å². The van der Waals surface area contributed by atoms with Gasteiger partial charge < -0.3 is 10.0 Å². The van der Waals surface area contributed by atoms with Gasteiger partial charge in [0.1, 0.15) is 0 Å². The Hall–Kier alpha value is -2.14. The number of hydrogen-bond acceptors (Lipinski definition) is 3. The number of carbonyl (C=O) groups is 1. The molecule has 5 heteroatoms. The van der Waals surface area contributed by atoms with Crippen molar-refractivity contribution in [2.24, 2.45) is 0 Å². The van der Waals surface area contributed by atoms with Crippen LogP contribution < -0.4 is 0 Å². The van der Waals surface area contributed by atoms with Gasteiger partial charge in [-0.05, 0) is 44.7 Å². The van der Waals surface area contributed by atoms with Crippen molar-refractivity contribution >= 4 is 5.91 Å². The van der Waals surface area contributed by atoms with Gasteiger partial charge in [-0.1, -0.05) is 17.7 Å². The topological polar surface area (TPSA) is 58.4 Å². The highest BCUT2D eigenvalue weighted by atomic mass is 16.3. The van der Waals surface area contributed by atoms with Crippen LogP contribution in [0.1, 0.15) is 39.3 Å². The molecule has 1 heterocycles. The van der Waals surface area contributed by atoms with Crippen molar-refractivity contribution in [3.63, 3.8) is 0 Å². The summed E-state index contributed by atoms with van der Waals surface area (Å²) in [5.41, 5.74) is 6.17. The van der Waals surface area contributed by atoms with E-state index in [9.17, 15) is 4.79 Å². The Kier molecular flexibility index (Phi) is 4.22. The Morgan fingerprint density at radius 2 is 2.13 bits per heavy atom. The Bertz CT molecular complexity index is 749. The third-order valence-electron chi connectivity index (χ3n) is 4.50. The van der Waals surface area contributed by atoms with Gasteiger partial charge >= 0.3 is 0 Å². The molecule has 2 aromatic rings. The first-order valence-corrected chi connectivity index (χ1v) is 8.07. The molecule has 0 atom stereocenters. The fourth-order valence-corrected chi connectivity index (χ4v) is 3.28. The maximum Gasteiger partial charge on any atom is 0.274 e. The van der Waals surface area contributed by atoms with E-state index >= 15 is 0 Å². The number of amides is 1. The molecular formula is C18H23N3O2. The molecule has 0 aliphatic heterocycles.